The van der Waals surface area contributed by atoms with Crippen LogP contribution in [0.5, 0.6) is 5.75 Å². The molecule has 0 fully saturated rings. The number of aromatic hydroxyl groups is 1. The van der Waals surface area contributed by atoms with Crippen molar-refractivity contribution in [3.63, 3.8) is 0 Å². The van der Waals surface area contributed by atoms with E-state index in [1.807, 2.05) is 12.3 Å². The molecule has 0 unspecified atom stereocenters. The summed E-state index contributed by atoms with van der Waals surface area (Å²) in [7, 11) is 0. The first-order chi connectivity index (χ1) is 28.7. The van der Waals surface area contributed by atoms with Crippen LogP contribution in [0.3, 0.4) is 0 Å². The van der Waals surface area contributed by atoms with E-state index in [0.29, 0.717) is 5.75 Å². The average molecular weight is 1110 g/mol. The van der Waals surface area contributed by atoms with E-state index < -0.39 is 20.4 Å². The van der Waals surface area contributed by atoms with Crippen molar-refractivity contribution < 1.29 is 26.2 Å². The van der Waals surface area contributed by atoms with Gasteiger partial charge in [0.2, 0.25) is 0 Å². The summed E-state index contributed by atoms with van der Waals surface area (Å²) in [6.07, 6.45) is 1.90. The van der Waals surface area contributed by atoms with Crippen LogP contribution in [0.25, 0.3) is 70.8 Å². The number of imidazole rings is 1. The Bertz CT molecular complexity index is 2900. The summed E-state index contributed by atoms with van der Waals surface area (Å²) in [6.45, 7) is 27.1. The van der Waals surface area contributed by atoms with Crippen LogP contribution in [-0.2, 0) is 42.7 Å². The first-order valence-corrected chi connectivity index (χ1v) is 23.7. The van der Waals surface area contributed by atoms with E-state index in [-0.39, 0.29) is 42.7 Å². The van der Waals surface area contributed by atoms with E-state index in [0.717, 1.165) is 76.3 Å². The number of hydrogen-bond acceptors (Lipinski definition) is 3. The minimum atomic E-state index is -1.03. The third kappa shape index (κ3) is 8.84. The molecule has 0 radical (unpaired) electrons. The van der Waals surface area contributed by atoms with Gasteiger partial charge >= 0.3 is 345 Å². The summed E-state index contributed by atoms with van der Waals surface area (Å²) < 4.78 is 4.70. The molecule has 1 N–H and O–H groups in total. The Labute approximate surface area is 393 Å². The Balaban J connectivity index is 0.00000578. The SMILES string of the molecule is CC(C)(C)c1cc(-c2cc(-c3ccccc3)ccn2)[c-]c(-c2cccc3c2nc(-c2[te]c(C(C)(C)C)c(C(C)(C)C)c2O)n3-c2ccc(C(C)(C)C)cc2-c2ccccc2)c1.[Pt]. The van der Waals surface area contributed by atoms with Crippen molar-refractivity contribution in [1.82, 2.24) is 14.5 Å². The maximum atomic E-state index is 12.6. The molecule has 3 heterocycles. The zero-order valence-corrected chi connectivity index (χ0v) is 42.7. The van der Waals surface area contributed by atoms with Crippen molar-refractivity contribution in [1.29, 1.82) is 0 Å². The van der Waals surface area contributed by atoms with Crippen molar-refractivity contribution in [3.05, 3.63) is 154 Å². The molecule has 0 bridgehead atoms. The van der Waals surface area contributed by atoms with Crippen molar-refractivity contribution >= 4 is 31.5 Å². The molecule has 0 aliphatic carbocycles. The molecule has 62 heavy (non-hydrogen) atoms. The maximum absolute atomic E-state index is 12.6. The molecule has 8 aromatic rings. The summed E-state index contributed by atoms with van der Waals surface area (Å²) in [4.78, 5) is 10.6. The molecular weight excluding hydrogens is 1050 g/mol. The van der Waals surface area contributed by atoms with Gasteiger partial charge in [-0.3, -0.25) is 0 Å². The Kier molecular flexibility index (Phi) is 12.4. The fourth-order valence-corrected chi connectivity index (χ4v) is 12.3. The van der Waals surface area contributed by atoms with E-state index in [9.17, 15) is 5.11 Å². The first-order valence-electron chi connectivity index (χ1n) is 21.4. The number of para-hydroxylation sites is 1. The van der Waals surface area contributed by atoms with Crippen molar-refractivity contribution in [2.45, 2.75) is 105 Å². The fraction of sp³-hybridized carbons (Fsp3) is 0.286. The maximum Gasteiger partial charge on any atom is 0 e. The third-order valence-corrected chi connectivity index (χ3v) is 16.1. The van der Waals surface area contributed by atoms with Gasteiger partial charge in [-0.1, -0.05) is 30.3 Å². The predicted octanol–water partition coefficient (Wildman–Crippen LogP) is 14.5. The second kappa shape index (κ2) is 16.9. The number of rotatable bonds is 6. The molecule has 6 heteroatoms. The van der Waals surface area contributed by atoms with Gasteiger partial charge in [-0.25, -0.2) is 0 Å². The summed E-state index contributed by atoms with van der Waals surface area (Å²) in [5.74, 6) is 1.21. The number of aromatic nitrogens is 3. The zero-order chi connectivity index (χ0) is 43.6. The van der Waals surface area contributed by atoms with Crippen LogP contribution in [-0.4, -0.2) is 40.1 Å². The normalized spacial score (nSPS) is 12.5. The van der Waals surface area contributed by atoms with Gasteiger partial charge in [-0.05, 0) is 0 Å². The average Bonchev–Trinajstić information content (AvgIpc) is 3.79. The number of benzene rings is 5. The van der Waals surface area contributed by atoms with Gasteiger partial charge in [0.1, 0.15) is 0 Å². The topological polar surface area (TPSA) is 50.9 Å². The van der Waals surface area contributed by atoms with Gasteiger partial charge in [-0.2, -0.15) is 0 Å². The van der Waals surface area contributed by atoms with Gasteiger partial charge in [0.05, 0.1) is 0 Å². The second-order valence-corrected chi connectivity index (χ2v) is 23.4. The van der Waals surface area contributed by atoms with Crippen LogP contribution < -0.4 is 0 Å². The summed E-state index contributed by atoms with van der Waals surface area (Å²) in [6, 6.07) is 47.2. The number of pyridine rings is 1. The molecule has 0 aliphatic rings. The molecule has 320 valence electrons. The quantitative estimate of drug-likeness (QED) is 0.133. The van der Waals surface area contributed by atoms with Crippen LogP contribution in [0.2, 0.25) is 0 Å². The molecule has 5 aromatic carbocycles. The van der Waals surface area contributed by atoms with Crippen LogP contribution >= 0.6 is 0 Å². The molecule has 0 saturated heterocycles. The molecule has 0 amide bonds. The van der Waals surface area contributed by atoms with Crippen LogP contribution in [0.1, 0.15) is 103 Å². The van der Waals surface area contributed by atoms with E-state index in [1.54, 1.807) is 0 Å². The third-order valence-electron chi connectivity index (χ3n) is 11.6. The molecule has 4 nitrogen and oxygen atoms in total. The largest absolute Gasteiger partial charge is 0 e. The van der Waals surface area contributed by atoms with E-state index in [4.69, 9.17) is 9.97 Å². The van der Waals surface area contributed by atoms with Crippen molar-refractivity contribution in [2.24, 2.45) is 0 Å². The van der Waals surface area contributed by atoms with Crippen molar-refractivity contribution in [3.8, 4) is 65.5 Å². The van der Waals surface area contributed by atoms with E-state index in [1.165, 1.54) is 14.7 Å². The Hall–Kier alpha value is -4.52. The van der Waals surface area contributed by atoms with Gasteiger partial charge in [0.15, 0.2) is 0 Å². The minimum absolute atomic E-state index is 0. The second-order valence-electron chi connectivity index (χ2n) is 20.5. The van der Waals surface area contributed by atoms with Crippen LogP contribution in [0, 0.1) is 6.07 Å². The molecule has 0 spiro atoms. The summed E-state index contributed by atoms with van der Waals surface area (Å²) in [5, 5.41) is 12.6. The summed E-state index contributed by atoms with van der Waals surface area (Å²) >= 11 is -1.03. The molecule has 0 atom stereocenters. The van der Waals surface area contributed by atoms with E-state index in [2.05, 4.69) is 209 Å². The van der Waals surface area contributed by atoms with E-state index >= 15 is 0 Å². The first kappa shape index (κ1) is 45.5. The van der Waals surface area contributed by atoms with Crippen LogP contribution in [0.4, 0.5) is 0 Å². The minimum Gasteiger partial charge on any atom is 0 e. The Morgan fingerprint density at radius 1 is 0.565 bits per heavy atom. The molecule has 0 aliphatic heterocycles. The molecule has 8 rings (SSSR count). The Morgan fingerprint density at radius 3 is 1.79 bits per heavy atom. The number of hydrogen-bond donors (Lipinski definition) is 1. The molecular formula is C56H58N3OPtTe-. The molecule has 3 aromatic heterocycles. The number of fused-ring (bicyclic) bond motifs is 1. The zero-order valence-electron chi connectivity index (χ0n) is 38.1. The van der Waals surface area contributed by atoms with Crippen molar-refractivity contribution in [2.75, 3.05) is 0 Å². The predicted molar refractivity (Wildman–Crippen MR) is 258 cm³/mol. The molecule has 0 saturated carbocycles. The fourth-order valence-electron chi connectivity index (χ4n) is 8.23. The van der Waals surface area contributed by atoms with Gasteiger partial charge in [0.25, 0.3) is 0 Å². The van der Waals surface area contributed by atoms with Crippen LogP contribution in [0.15, 0.2) is 128 Å². The van der Waals surface area contributed by atoms with Gasteiger partial charge in [-0.15, -0.1) is 0 Å². The Morgan fingerprint density at radius 2 is 1.19 bits per heavy atom. The van der Waals surface area contributed by atoms with Gasteiger partial charge < -0.3 is 0 Å². The standard InChI is InChI=1S/C56H58N3OTe.Pt/c1-53(2,3)40-26-27-45(43(34-40)36-22-17-14-18-23-36)59-46-25-19-24-42(48(46)58-52(59)50-49(60)47(55(7,8)9)51(61-50)56(10,11)12)38-30-39(32-41(31-38)54(4,5)6)44-33-37(28-29-57-44)35-20-15-13-16-21-35;/h13-29,31-34,60H,1-12H3;/q-1;. The summed E-state index contributed by atoms with van der Waals surface area (Å²) in [5.41, 5.74) is 14.2. The number of nitrogens with zero attached hydrogens (tertiary/aromatic N) is 3. The van der Waals surface area contributed by atoms with Gasteiger partial charge in [0, 0.05) is 21.1 Å². The monoisotopic (exact) mass is 1110 g/mol. The smallest absolute Gasteiger partial charge is 0 e.